The number of aromatic nitrogens is 2. The summed E-state index contributed by atoms with van der Waals surface area (Å²) in [6.45, 7) is 0.451. The molecule has 0 aliphatic rings. The lowest BCUT2D eigenvalue weighted by atomic mass is 10.2. The molecule has 0 spiro atoms. The van der Waals surface area contributed by atoms with Gasteiger partial charge in [-0.3, -0.25) is 4.79 Å². The second-order valence-electron chi connectivity index (χ2n) is 3.17. The monoisotopic (exact) mass is 201 g/mol. The van der Waals surface area contributed by atoms with Crippen molar-refractivity contribution in [3.63, 3.8) is 0 Å². The first-order valence-corrected chi connectivity index (χ1v) is 4.63. The Morgan fingerprint density at radius 3 is 2.87 bits per heavy atom. The van der Waals surface area contributed by atoms with Crippen LogP contribution in [0.25, 0.3) is 5.69 Å². The lowest BCUT2D eigenvalue weighted by Gasteiger charge is -2.06. The van der Waals surface area contributed by atoms with E-state index in [9.17, 15) is 4.79 Å². The van der Waals surface area contributed by atoms with Crippen LogP contribution in [0.15, 0.2) is 36.7 Å². The summed E-state index contributed by atoms with van der Waals surface area (Å²) >= 11 is 0. The van der Waals surface area contributed by atoms with Gasteiger partial charge >= 0.3 is 0 Å². The molecule has 2 rings (SSSR count). The maximum Gasteiger partial charge on any atom is 0.153 e. The average molecular weight is 201 g/mol. The van der Waals surface area contributed by atoms with Crippen LogP contribution in [-0.2, 0) is 6.54 Å². The molecule has 0 saturated carbocycles. The number of hydrogen-bond donors (Lipinski definition) is 1. The van der Waals surface area contributed by atoms with E-state index in [1.54, 1.807) is 10.9 Å². The number of nitrogens with two attached hydrogens (primary N) is 1. The molecule has 0 unspecified atom stereocenters. The van der Waals surface area contributed by atoms with Crippen molar-refractivity contribution in [3.05, 3.63) is 47.8 Å². The fraction of sp³-hybridized carbons (Fsp3) is 0.0909. The number of benzene rings is 1. The Morgan fingerprint density at radius 2 is 2.20 bits per heavy atom. The van der Waals surface area contributed by atoms with Gasteiger partial charge in [-0.05, 0) is 11.6 Å². The van der Waals surface area contributed by atoms with E-state index < -0.39 is 0 Å². The van der Waals surface area contributed by atoms with Crippen LogP contribution in [-0.4, -0.2) is 16.1 Å². The molecule has 0 aliphatic carbocycles. The molecular formula is C11H11N3O. The third-order valence-corrected chi connectivity index (χ3v) is 2.20. The first-order valence-electron chi connectivity index (χ1n) is 4.63. The van der Waals surface area contributed by atoms with E-state index in [2.05, 4.69) is 5.10 Å². The lowest BCUT2D eigenvalue weighted by molar-refractivity contribution is 0.112. The van der Waals surface area contributed by atoms with Crippen LogP contribution < -0.4 is 5.73 Å². The summed E-state index contributed by atoms with van der Waals surface area (Å²) in [5.41, 5.74) is 8.08. The largest absolute Gasteiger partial charge is 0.326 e. The molecule has 15 heavy (non-hydrogen) atoms. The van der Waals surface area contributed by atoms with Crippen molar-refractivity contribution < 1.29 is 4.79 Å². The quantitative estimate of drug-likeness (QED) is 0.757. The third-order valence-electron chi connectivity index (χ3n) is 2.20. The fourth-order valence-corrected chi connectivity index (χ4v) is 1.44. The summed E-state index contributed by atoms with van der Waals surface area (Å²) in [5, 5.41) is 4.10. The highest BCUT2D eigenvalue weighted by Gasteiger charge is 2.03. The highest BCUT2D eigenvalue weighted by Crippen LogP contribution is 2.13. The molecule has 0 amide bonds. The molecule has 2 aromatic rings. The number of rotatable bonds is 3. The Hall–Kier alpha value is -1.94. The topological polar surface area (TPSA) is 60.9 Å². The summed E-state index contributed by atoms with van der Waals surface area (Å²) in [4.78, 5) is 10.5. The Labute approximate surface area is 87.3 Å². The maximum absolute atomic E-state index is 10.5. The highest BCUT2D eigenvalue weighted by molar-refractivity contribution is 5.73. The van der Waals surface area contributed by atoms with Gasteiger partial charge in [0, 0.05) is 12.7 Å². The zero-order valence-electron chi connectivity index (χ0n) is 8.13. The van der Waals surface area contributed by atoms with Crippen molar-refractivity contribution >= 4 is 6.29 Å². The van der Waals surface area contributed by atoms with Crippen LogP contribution in [0.3, 0.4) is 0 Å². The van der Waals surface area contributed by atoms with Gasteiger partial charge in [0.05, 0.1) is 17.4 Å². The minimum Gasteiger partial charge on any atom is -0.326 e. The van der Waals surface area contributed by atoms with Crippen molar-refractivity contribution in [2.45, 2.75) is 6.54 Å². The number of para-hydroxylation sites is 1. The molecule has 0 atom stereocenters. The predicted molar refractivity (Wildman–Crippen MR) is 56.8 cm³/mol. The molecule has 0 bridgehead atoms. The molecule has 4 nitrogen and oxygen atoms in total. The van der Waals surface area contributed by atoms with Gasteiger partial charge in [0.15, 0.2) is 6.29 Å². The van der Waals surface area contributed by atoms with Crippen LogP contribution in [0.1, 0.15) is 15.9 Å². The maximum atomic E-state index is 10.5. The normalized spacial score (nSPS) is 10.2. The van der Waals surface area contributed by atoms with Crippen molar-refractivity contribution in [1.82, 2.24) is 9.78 Å². The zero-order chi connectivity index (χ0) is 10.7. The van der Waals surface area contributed by atoms with Gasteiger partial charge in [0.2, 0.25) is 0 Å². The fourth-order valence-electron chi connectivity index (χ4n) is 1.44. The Bertz CT molecular complexity index is 476. The zero-order valence-corrected chi connectivity index (χ0v) is 8.13. The Kier molecular flexibility index (Phi) is 2.60. The van der Waals surface area contributed by atoms with Gasteiger partial charge < -0.3 is 5.73 Å². The van der Waals surface area contributed by atoms with Crippen LogP contribution in [0.5, 0.6) is 0 Å². The first kappa shape index (κ1) is 9.61. The van der Waals surface area contributed by atoms with Gasteiger partial charge in [-0.25, -0.2) is 4.68 Å². The minimum atomic E-state index is 0.451. The van der Waals surface area contributed by atoms with Gasteiger partial charge in [0.1, 0.15) is 0 Å². The number of hydrogen-bond acceptors (Lipinski definition) is 3. The Morgan fingerprint density at radius 1 is 1.40 bits per heavy atom. The van der Waals surface area contributed by atoms with E-state index in [1.165, 1.54) is 6.20 Å². The molecule has 0 saturated heterocycles. The van der Waals surface area contributed by atoms with E-state index in [0.29, 0.717) is 12.1 Å². The first-order chi connectivity index (χ1) is 7.35. The van der Waals surface area contributed by atoms with Gasteiger partial charge in [-0.2, -0.15) is 5.10 Å². The molecule has 1 aromatic carbocycles. The van der Waals surface area contributed by atoms with Crippen LogP contribution in [0.4, 0.5) is 0 Å². The van der Waals surface area contributed by atoms with Crippen molar-refractivity contribution in [2.75, 3.05) is 0 Å². The number of carbonyl (C=O) groups excluding carboxylic acids is 1. The highest BCUT2D eigenvalue weighted by atomic mass is 16.1. The van der Waals surface area contributed by atoms with Crippen LogP contribution in [0, 0.1) is 0 Å². The molecule has 1 heterocycles. The summed E-state index contributed by atoms with van der Waals surface area (Å²) in [6.07, 6.45) is 3.98. The van der Waals surface area contributed by atoms with Crippen LogP contribution >= 0.6 is 0 Å². The number of nitrogens with zero attached hydrogens (tertiary/aromatic N) is 2. The molecular weight excluding hydrogens is 190 g/mol. The summed E-state index contributed by atoms with van der Waals surface area (Å²) in [7, 11) is 0. The van der Waals surface area contributed by atoms with Gasteiger partial charge in [-0.1, -0.05) is 18.2 Å². The summed E-state index contributed by atoms with van der Waals surface area (Å²) < 4.78 is 1.66. The molecule has 0 radical (unpaired) electrons. The van der Waals surface area contributed by atoms with E-state index in [0.717, 1.165) is 17.5 Å². The third kappa shape index (κ3) is 1.80. The van der Waals surface area contributed by atoms with E-state index in [4.69, 9.17) is 5.73 Å². The van der Waals surface area contributed by atoms with E-state index in [1.807, 2.05) is 24.3 Å². The molecule has 0 fully saturated rings. The molecule has 0 aliphatic heterocycles. The summed E-state index contributed by atoms with van der Waals surface area (Å²) in [6, 6.07) is 7.70. The number of carbonyl (C=O) groups is 1. The SMILES string of the molecule is NCc1ccccc1-n1cc(C=O)cn1. The second-order valence-corrected chi connectivity index (χ2v) is 3.17. The minimum absolute atomic E-state index is 0.451. The average Bonchev–Trinajstić information content (AvgIpc) is 2.77. The van der Waals surface area contributed by atoms with Crippen LogP contribution in [0.2, 0.25) is 0 Å². The molecule has 76 valence electrons. The predicted octanol–water partition coefficient (Wildman–Crippen LogP) is 1.14. The number of aldehydes is 1. The van der Waals surface area contributed by atoms with Crippen molar-refractivity contribution in [3.8, 4) is 5.69 Å². The standard InChI is InChI=1S/C11H11N3O/c12-5-10-3-1-2-4-11(10)14-7-9(8-15)6-13-14/h1-4,6-8H,5,12H2. The summed E-state index contributed by atoms with van der Waals surface area (Å²) in [5.74, 6) is 0. The van der Waals surface area contributed by atoms with Crippen molar-refractivity contribution in [2.24, 2.45) is 5.73 Å². The van der Waals surface area contributed by atoms with Gasteiger partial charge in [-0.15, -0.1) is 0 Å². The molecule has 2 N–H and O–H groups in total. The Balaban J connectivity index is 2.48. The van der Waals surface area contributed by atoms with E-state index >= 15 is 0 Å². The second kappa shape index (κ2) is 4.06. The molecule has 4 heteroatoms. The molecule has 1 aromatic heterocycles. The lowest BCUT2D eigenvalue weighted by Crippen LogP contribution is -2.04. The van der Waals surface area contributed by atoms with E-state index in [-0.39, 0.29) is 0 Å². The van der Waals surface area contributed by atoms with Gasteiger partial charge in [0.25, 0.3) is 0 Å². The van der Waals surface area contributed by atoms with Crippen molar-refractivity contribution in [1.29, 1.82) is 0 Å². The smallest absolute Gasteiger partial charge is 0.153 e.